The molecule has 0 radical (unpaired) electrons. The van der Waals surface area contributed by atoms with E-state index in [9.17, 15) is 10.1 Å². The van der Waals surface area contributed by atoms with Gasteiger partial charge >= 0.3 is 0 Å². The van der Waals surface area contributed by atoms with Crippen molar-refractivity contribution in [3.8, 4) is 11.8 Å². The van der Waals surface area contributed by atoms with Crippen LogP contribution in [0.15, 0.2) is 54.7 Å². The summed E-state index contributed by atoms with van der Waals surface area (Å²) in [6.07, 6.45) is 2.08. The maximum atomic E-state index is 12.6. The Morgan fingerprint density at radius 2 is 2.03 bits per heavy atom. The molecule has 0 bridgehead atoms. The molecule has 0 saturated carbocycles. The van der Waals surface area contributed by atoms with E-state index in [1.54, 1.807) is 31.4 Å². The van der Waals surface area contributed by atoms with Gasteiger partial charge in [-0.1, -0.05) is 30.3 Å². The lowest BCUT2D eigenvalue weighted by molar-refractivity contribution is 0.0955. The van der Waals surface area contributed by atoms with Crippen molar-refractivity contribution >= 4 is 17.2 Å². The molecule has 9 heteroatoms. The van der Waals surface area contributed by atoms with Crippen LogP contribution in [0.2, 0.25) is 0 Å². The fraction of sp³-hybridized carbons (Fsp3) is 0.150. The van der Waals surface area contributed by atoms with Gasteiger partial charge in [0.25, 0.3) is 5.91 Å². The number of carbonyl (C=O) groups excluding carboxylic acids is 1. The lowest BCUT2D eigenvalue weighted by Gasteiger charge is -2.11. The number of methoxy groups -OCH3 is 1. The van der Waals surface area contributed by atoms with E-state index < -0.39 is 0 Å². The van der Waals surface area contributed by atoms with Crippen molar-refractivity contribution < 1.29 is 9.53 Å². The summed E-state index contributed by atoms with van der Waals surface area (Å²) in [4.78, 5) is 12.6. The van der Waals surface area contributed by atoms with Crippen molar-refractivity contribution in [2.24, 2.45) is 0 Å². The minimum Gasteiger partial charge on any atom is -0.496 e. The van der Waals surface area contributed by atoms with Gasteiger partial charge in [-0.2, -0.15) is 10.5 Å². The summed E-state index contributed by atoms with van der Waals surface area (Å²) in [6, 6.07) is 16.7. The zero-order valence-electron chi connectivity index (χ0n) is 15.7. The number of allylic oxidation sites excluding steroid dienone is 1. The standard InChI is InChI=1S/C20H19N7O2/c1-29-18-9-5-2-6-14(18)10-11-22-20(28)16-7-3-4-8-17(16)23-13-15(12-21)19-24-26-27-25-19/h2-9,13,23H,10-11H2,1H3,(H,22,28)(H,24,25,26,27). The predicted molar refractivity (Wildman–Crippen MR) is 107 cm³/mol. The van der Waals surface area contributed by atoms with Crippen LogP contribution in [0.1, 0.15) is 21.7 Å². The average molecular weight is 389 g/mol. The topological polar surface area (TPSA) is 129 Å². The second kappa shape index (κ2) is 9.66. The molecule has 29 heavy (non-hydrogen) atoms. The van der Waals surface area contributed by atoms with Gasteiger partial charge in [-0.25, -0.2) is 0 Å². The molecule has 3 N–H and O–H groups in total. The molecular formula is C20H19N7O2. The molecule has 0 aliphatic rings. The summed E-state index contributed by atoms with van der Waals surface area (Å²) in [6.45, 7) is 0.454. The molecule has 1 amide bonds. The number of nitrogens with one attached hydrogen (secondary N) is 3. The van der Waals surface area contributed by atoms with Crippen molar-refractivity contribution in [3.63, 3.8) is 0 Å². The van der Waals surface area contributed by atoms with Crippen LogP contribution < -0.4 is 15.4 Å². The maximum absolute atomic E-state index is 12.6. The van der Waals surface area contributed by atoms with Crippen molar-refractivity contribution in [2.45, 2.75) is 6.42 Å². The van der Waals surface area contributed by atoms with Crippen LogP contribution in [0.5, 0.6) is 5.75 Å². The first kappa shape index (κ1) is 19.6. The van der Waals surface area contributed by atoms with Crippen molar-refractivity contribution in [1.82, 2.24) is 25.9 Å². The molecule has 1 heterocycles. The van der Waals surface area contributed by atoms with E-state index in [1.807, 2.05) is 30.3 Å². The number of H-pyrrole nitrogens is 1. The van der Waals surface area contributed by atoms with Crippen LogP contribution >= 0.6 is 0 Å². The number of rotatable bonds is 8. The number of aromatic amines is 1. The lowest BCUT2D eigenvalue weighted by Crippen LogP contribution is -2.26. The Bertz CT molecular complexity index is 1040. The van der Waals surface area contributed by atoms with Crippen LogP contribution in [0, 0.1) is 11.3 Å². The molecule has 0 fully saturated rings. The number of para-hydroxylation sites is 2. The van der Waals surface area contributed by atoms with Gasteiger partial charge in [-0.3, -0.25) is 4.79 Å². The molecule has 146 valence electrons. The number of anilines is 1. The molecule has 0 saturated heterocycles. The van der Waals surface area contributed by atoms with E-state index in [0.717, 1.165) is 11.3 Å². The third kappa shape index (κ3) is 4.95. The Kier molecular flexibility index (Phi) is 6.52. The quantitative estimate of drug-likeness (QED) is 0.504. The van der Waals surface area contributed by atoms with E-state index in [-0.39, 0.29) is 17.3 Å². The van der Waals surface area contributed by atoms with E-state index in [0.29, 0.717) is 24.2 Å². The number of benzene rings is 2. The molecule has 0 aliphatic heterocycles. The summed E-state index contributed by atoms with van der Waals surface area (Å²) < 4.78 is 5.33. The fourth-order valence-electron chi connectivity index (χ4n) is 2.70. The highest BCUT2D eigenvalue weighted by Crippen LogP contribution is 2.18. The van der Waals surface area contributed by atoms with Crippen LogP contribution in [-0.2, 0) is 6.42 Å². The Balaban J connectivity index is 1.66. The molecular weight excluding hydrogens is 370 g/mol. The normalized spacial score (nSPS) is 10.8. The van der Waals surface area contributed by atoms with Crippen LogP contribution in [0.4, 0.5) is 5.69 Å². The monoisotopic (exact) mass is 389 g/mol. The first-order valence-corrected chi connectivity index (χ1v) is 8.82. The van der Waals surface area contributed by atoms with E-state index in [4.69, 9.17) is 4.74 Å². The van der Waals surface area contributed by atoms with E-state index >= 15 is 0 Å². The summed E-state index contributed by atoms with van der Waals surface area (Å²) in [5, 5.41) is 28.4. The molecule has 0 unspecified atom stereocenters. The van der Waals surface area contributed by atoms with Crippen LogP contribution in [0.3, 0.4) is 0 Å². The molecule has 9 nitrogen and oxygen atoms in total. The van der Waals surface area contributed by atoms with Crippen LogP contribution in [0.25, 0.3) is 5.57 Å². The zero-order chi connectivity index (χ0) is 20.5. The molecule has 1 aromatic heterocycles. The summed E-state index contributed by atoms with van der Waals surface area (Å²) in [5.41, 5.74) is 2.21. The first-order valence-electron chi connectivity index (χ1n) is 8.82. The largest absolute Gasteiger partial charge is 0.496 e. The maximum Gasteiger partial charge on any atom is 0.253 e. The fourth-order valence-corrected chi connectivity index (χ4v) is 2.70. The number of hydrogen-bond donors (Lipinski definition) is 3. The van der Waals surface area contributed by atoms with Gasteiger partial charge in [0, 0.05) is 12.7 Å². The Morgan fingerprint density at radius 1 is 1.24 bits per heavy atom. The number of hydrogen-bond acceptors (Lipinski definition) is 7. The van der Waals surface area contributed by atoms with Gasteiger partial charge in [-0.15, -0.1) is 10.2 Å². The van der Waals surface area contributed by atoms with Gasteiger partial charge in [-0.05, 0) is 35.4 Å². The highest BCUT2D eigenvalue weighted by Gasteiger charge is 2.12. The number of nitrogens with zero attached hydrogens (tertiary/aromatic N) is 4. The summed E-state index contributed by atoms with van der Waals surface area (Å²) >= 11 is 0. The highest BCUT2D eigenvalue weighted by atomic mass is 16.5. The Labute approximate surface area is 167 Å². The number of aromatic nitrogens is 4. The van der Waals surface area contributed by atoms with Gasteiger partial charge < -0.3 is 15.4 Å². The first-order chi connectivity index (χ1) is 14.2. The van der Waals surface area contributed by atoms with Gasteiger partial charge in [0.05, 0.1) is 18.4 Å². The minimum absolute atomic E-state index is 0.166. The third-order valence-electron chi connectivity index (χ3n) is 4.12. The number of amides is 1. The molecule has 0 aliphatic carbocycles. The number of ether oxygens (including phenoxy) is 1. The second-order valence-corrected chi connectivity index (χ2v) is 5.91. The molecule has 0 spiro atoms. The van der Waals surface area contributed by atoms with E-state index in [1.165, 1.54) is 6.20 Å². The smallest absolute Gasteiger partial charge is 0.253 e. The number of tetrazole rings is 1. The highest BCUT2D eigenvalue weighted by molar-refractivity contribution is 6.00. The van der Waals surface area contributed by atoms with Gasteiger partial charge in [0.2, 0.25) is 5.82 Å². The summed E-state index contributed by atoms with van der Waals surface area (Å²) in [7, 11) is 1.62. The van der Waals surface area contributed by atoms with Crippen LogP contribution in [-0.4, -0.2) is 40.2 Å². The van der Waals surface area contributed by atoms with Gasteiger partial charge in [0.15, 0.2) is 0 Å². The predicted octanol–water partition coefficient (Wildman–Crippen LogP) is 2.16. The lowest BCUT2D eigenvalue weighted by atomic mass is 10.1. The minimum atomic E-state index is -0.227. The number of carbonyl (C=O) groups is 1. The second-order valence-electron chi connectivity index (χ2n) is 5.91. The van der Waals surface area contributed by atoms with Gasteiger partial charge in [0.1, 0.15) is 17.4 Å². The molecule has 3 aromatic rings. The van der Waals surface area contributed by atoms with E-state index in [2.05, 4.69) is 31.3 Å². The molecule has 0 atom stereocenters. The number of nitriles is 1. The molecule has 2 aromatic carbocycles. The molecule has 3 rings (SSSR count). The van der Waals surface area contributed by atoms with Crippen molar-refractivity contribution in [3.05, 3.63) is 71.7 Å². The Hall–Kier alpha value is -4.19. The average Bonchev–Trinajstić information content (AvgIpc) is 3.29. The Morgan fingerprint density at radius 3 is 2.79 bits per heavy atom. The SMILES string of the molecule is COc1ccccc1CCNC(=O)c1ccccc1NC=C(C#N)c1nn[nH]n1. The van der Waals surface area contributed by atoms with Crippen molar-refractivity contribution in [1.29, 1.82) is 5.26 Å². The summed E-state index contributed by atoms with van der Waals surface area (Å²) in [5.74, 6) is 0.729. The zero-order valence-corrected chi connectivity index (χ0v) is 15.7. The third-order valence-corrected chi connectivity index (χ3v) is 4.12. The van der Waals surface area contributed by atoms with Crippen molar-refractivity contribution in [2.75, 3.05) is 19.0 Å².